The van der Waals surface area contributed by atoms with Crippen molar-refractivity contribution in [3.63, 3.8) is 0 Å². The standard InChI is InChI=1S/C13H16BrFO3/c1-3-4-9(12(16)17)13(2,18)10-7-8(14)5-6-11(10)15/h5-7,9,18H,3-4H2,1-2H3,(H,16,17). The molecule has 2 atom stereocenters. The van der Waals surface area contributed by atoms with Gasteiger partial charge in [0, 0.05) is 10.0 Å². The lowest BCUT2D eigenvalue weighted by atomic mass is 9.80. The minimum Gasteiger partial charge on any atom is -0.481 e. The van der Waals surface area contributed by atoms with Crippen molar-refractivity contribution in [3.05, 3.63) is 34.1 Å². The van der Waals surface area contributed by atoms with E-state index >= 15 is 0 Å². The zero-order valence-electron chi connectivity index (χ0n) is 10.3. The third kappa shape index (κ3) is 3.09. The first-order chi connectivity index (χ1) is 8.30. The van der Waals surface area contributed by atoms with Crippen molar-refractivity contribution in [2.75, 3.05) is 0 Å². The molecule has 2 unspecified atom stereocenters. The van der Waals surface area contributed by atoms with Gasteiger partial charge >= 0.3 is 5.97 Å². The summed E-state index contributed by atoms with van der Waals surface area (Å²) in [6, 6.07) is 4.13. The number of hydrogen-bond acceptors (Lipinski definition) is 2. The zero-order valence-corrected chi connectivity index (χ0v) is 11.9. The number of carbonyl (C=O) groups is 1. The molecule has 0 saturated carbocycles. The Bertz CT molecular complexity index is 446. The number of aliphatic carboxylic acids is 1. The Morgan fingerprint density at radius 3 is 2.67 bits per heavy atom. The van der Waals surface area contributed by atoms with E-state index in [4.69, 9.17) is 5.11 Å². The second-order valence-corrected chi connectivity index (χ2v) is 5.37. The highest BCUT2D eigenvalue weighted by Gasteiger charge is 2.40. The Labute approximate surface area is 114 Å². The lowest BCUT2D eigenvalue weighted by Crippen LogP contribution is -2.38. The molecular formula is C13H16BrFO3. The zero-order chi connectivity index (χ0) is 13.9. The summed E-state index contributed by atoms with van der Waals surface area (Å²) < 4.78 is 14.4. The van der Waals surface area contributed by atoms with Gasteiger partial charge in [0.15, 0.2) is 0 Å². The van der Waals surface area contributed by atoms with Crippen molar-refractivity contribution in [2.24, 2.45) is 5.92 Å². The van der Waals surface area contributed by atoms with Crippen LogP contribution in [-0.4, -0.2) is 16.2 Å². The molecule has 100 valence electrons. The van der Waals surface area contributed by atoms with Gasteiger partial charge in [-0.1, -0.05) is 29.3 Å². The predicted molar refractivity (Wildman–Crippen MR) is 69.7 cm³/mol. The van der Waals surface area contributed by atoms with Crippen LogP contribution in [0.3, 0.4) is 0 Å². The first kappa shape index (κ1) is 15.1. The van der Waals surface area contributed by atoms with E-state index in [2.05, 4.69) is 15.9 Å². The maximum Gasteiger partial charge on any atom is 0.309 e. The summed E-state index contributed by atoms with van der Waals surface area (Å²) in [7, 11) is 0. The molecule has 1 aromatic carbocycles. The number of carboxylic acid groups (broad SMARTS) is 1. The number of carboxylic acids is 1. The normalized spacial score (nSPS) is 16.1. The van der Waals surface area contributed by atoms with Crippen molar-refractivity contribution in [1.82, 2.24) is 0 Å². The first-order valence-electron chi connectivity index (χ1n) is 5.71. The van der Waals surface area contributed by atoms with E-state index < -0.39 is 23.3 Å². The highest BCUT2D eigenvalue weighted by atomic mass is 79.9. The molecule has 0 aromatic heterocycles. The van der Waals surface area contributed by atoms with Gasteiger partial charge in [-0.15, -0.1) is 0 Å². The van der Waals surface area contributed by atoms with Crippen molar-refractivity contribution in [2.45, 2.75) is 32.3 Å². The van der Waals surface area contributed by atoms with Gasteiger partial charge in [0.25, 0.3) is 0 Å². The van der Waals surface area contributed by atoms with E-state index in [0.29, 0.717) is 10.9 Å². The fourth-order valence-electron chi connectivity index (χ4n) is 2.01. The fraction of sp³-hybridized carbons (Fsp3) is 0.462. The molecule has 0 aliphatic carbocycles. The fourth-order valence-corrected chi connectivity index (χ4v) is 2.37. The quantitative estimate of drug-likeness (QED) is 0.875. The van der Waals surface area contributed by atoms with E-state index in [0.717, 1.165) is 0 Å². The van der Waals surface area contributed by atoms with E-state index in [1.807, 2.05) is 6.92 Å². The molecule has 0 radical (unpaired) electrons. The number of aliphatic hydroxyl groups is 1. The Hall–Kier alpha value is -0.940. The van der Waals surface area contributed by atoms with Gasteiger partial charge < -0.3 is 10.2 Å². The first-order valence-corrected chi connectivity index (χ1v) is 6.50. The monoisotopic (exact) mass is 318 g/mol. The maximum atomic E-state index is 13.8. The van der Waals surface area contributed by atoms with E-state index in [1.165, 1.54) is 25.1 Å². The van der Waals surface area contributed by atoms with Crippen molar-refractivity contribution in [3.8, 4) is 0 Å². The molecule has 0 amide bonds. The summed E-state index contributed by atoms with van der Waals surface area (Å²) in [6.07, 6.45) is 0.886. The number of hydrogen-bond donors (Lipinski definition) is 2. The molecule has 5 heteroatoms. The molecule has 3 nitrogen and oxygen atoms in total. The predicted octanol–water partition coefficient (Wildman–Crippen LogP) is 3.30. The lowest BCUT2D eigenvalue weighted by molar-refractivity contribution is -0.152. The second kappa shape index (κ2) is 5.80. The van der Waals surface area contributed by atoms with Crippen LogP contribution in [0.15, 0.2) is 22.7 Å². The largest absolute Gasteiger partial charge is 0.481 e. The minimum absolute atomic E-state index is 0.00211. The van der Waals surface area contributed by atoms with Crippen molar-refractivity contribution in [1.29, 1.82) is 0 Å². The Morgan fingerprint density at radius 1 is 1.56 bits per heavy atom. The summed E-state index contributed by atoms with van der Waals surface area (Å²) in [4.78, 5) is 11.2. The van der Waals surface area contributed by atoms with Crippen LogP contribution >= 0.6 is 15.9 Å². The lowest BCUT2D eigenvalue weighted by Gasteiger charge is -2.30. The molecule has 0 aliphatic rings. The molecular weight excluding hydrogens is 303 g/mol. The van der Waals surface area contributed by atoms with Crippen LogP contribution in [0.2, 0.25) is 0 Å². The highest BCUT2D eigenvalue weighted by Crippen LogP contribution is 2.35. The van der Waals surface area contributed by atoms with Crippen LogP contribution in [0, 0.1) is 11.7 Å². The summed E-state index contributed by atoms with van der Waals surface area (Å²) in [6.45, 7) is 3.16. The third-order valence-corrected chi connectivity index (χ3v) is 3.52. The van der Waals surface area contributed by atoms with Gasteiger partial charge in [-0.3, -0.25) is 4.79 Å². The van der Waals surface area contributed by atoms with Gasteiger partial charge in [-0.05, 0) is 31.5 Å². The van der Waals surface area contributed by atoms with E-state index in [1.54, 1.807) is 0 Å². The van der Waals surface area contributed by atoms with Gasteiger partial charge in [0.2, 0.25) is 0 Å². The molecule has 0 bridgehead atoms. The van der Waals surface area contributed by atoms with Crippen LogP contribution in [-0.2, 0) is 10.4 Å². The van der Waals surface area contributed by atoms with Gasteiger partial charge in [-0.2, -0.15) is 0 Å². The van der Waals surface area contributed by atoms with Gasteiger partial charge in [-0.25, -0.2) is 4.39 Å². The van der Waals surface area contributed by atoms with Crippen molar-refractivity contribution < 1.29 is 19.4 Å². The highest BCUT2D eigenvalue weighted by molar-refractivity contribution is 9.10. The summed E-state index contributed by atoms with van der Waals surface area (Å²) in [5, 5.41) is 19.6. The third-order valence-electron chi connectivity index (χ3n) is 3.03. The van der Waals surface area contributed by atoms with Crippen LogP contribution in [0.5, 0.6) is 0 Å². The van der Waals surface area contributed by atoms with Crippen LogP contribution in [0.4, 0.5) is 4.39 Å². The molecule has 18 heavy (non-hydrogen) atoms. The molecule has 2 N–H and O–H groups in total. The van der Waals surface area contributed by atoms with Crippen LogP contribution < -0.4 is 0 Å². The topological polar surface area (TPSA) is 57.5 Å². The Balaban J connectivity index is 3.24. The molecule has 0 aliphatic heterocycles. The molecule has 0 saturated heterocycles. The average molecular weight is 319 g/mol. The molecule has 1 aromatic rings. The number of rotatable bonds is 5. The molecule has 0 heterocycles. The molecule has 0 spiro atoms. The number of benzene rings is 1. The smallest absolute Gasteiger partial charge is 0.309 e. The minimum atomic E-state index is -1.74. The van der Waals surface area contributed by atoms with E-state index in [9.17, 15) is 14.3 Å². The molecule has 1 rings (SSSR count). The van der Waals surface area contributed by atoms with Gasteiger partial charge in [0.1, 0.15) is 11.4 Å². The summed E-state index contributed by atoms with van der Waals surface area (Å²) in [5.41, 5.74) is -1.74. The molecule has 0 fully saturated rings. The van der Waals surface area contributed by atoms with Crippen LogP contribution in [0.25, 0.3) is 0 Å². The number of halogens is 2. The Morgan fingerprint density at radius 2 is 2.17 bits per heavy atom. The van der Waals surface area contributed by atoms with Crippen molar-refractivity contribution >= 4 is 21.9 Å². The van der Waals surface area contributed by atoms with Gasteiger partial charge in [0.05, 0.1) is 5.92 Å². The SMILES string of the molecule is CCCC(C(=O)O)C(C)(O)c1cc(Br)ccc1F. The second-order valence-electron chi connectivity index (χ2n) is 4.45. The average Bonchev–Trinajstić information content (AvgIpc) is 2.28. The van der Waals surface area contributed by atoms with E-state index in [-0.39, 0.29) is 12.0 Å². The Kier molecular flexibility index (Phi) is 4.87. The van der Waals surface area contributed by atoms with Crippen LogP contribution in [0.1, 0.15) is 32.3 Å². The maximum absolute atomic E-state index is 13.8. The summed E-state index contributed by atoms with van der Waals surface area (Å²) >= 11 is 3.19. The summed E-state index contributed by atoms with van der Waals surface area (Å²) in [5.74, 6) is -2.77.